The van der Waals surface area contributed by atoms with Gasteiger partial charge in [0.05, 0.1) is 36.4 Å². The van der Waals surface area contributed by atoms with Crippen LogP contribution in [0.2, 0.25) is 20.4 Å². The van der Waals surface area contributed by atoms with Gasteiger partial charge in [0, 0.05) is 87.5 Å². The SMILES string of the molecule is CCN1CCN(C)CC1.COc1ccc(Nc2nc(Cl)nc(NC3CCCCCC3)n2)cc1Cl.COc1ccc(Nc2nc(NC3CCCCCC3)nc(N(C)C3CCN(C)CC3)n2)cc1Cl.COc1ccc(Nc2nc(NC3CCCCCC3)nc(N(C)C3CCNCC3)n2)cc1Cl. The fourth-order valence-electron chi connectivity index (χ4n) is 13.3. The van der Waals surface area contributed by atoms with Gasteiger partial charge in [-0.2, -0.15) is 44.9 Å². The van der Waals surface area contributed by atoms with E-state index < -0.39 is 0 Å². The van der Waals surface area contributed by atoms with Crippen LogP contribution in [0, 0.1) is 0 Å². The molecule has 3 aliphatic carbocycles. The van der Waals surface area contributed by atoms with Crippen molar-refractivity contribution in [1.29, 1.82) is 0 Å². The highest BCUT2D eigenvalue weighted by atomic mass is 35.5. The van der Waals surface area contributed by atoms with Crippen LogP contribution in [0.4, 0.5) is 64.6 Å². The van der Waals surface area contributed by atoms with Crippen molar-refractivity contribution in [2.24, 2.45) is 0 Å². The van der Waals surface area contributed by atoms with Crippen LogP contribution in [-0.4, -0.2) is 198 Å². The maximum Gasteiger partial charge on any atom is 0.233 e. The van der Waals surface area contributed by atoms with Crippen LogP contribution in [0.3, 0.4) is 0 Å². The molecule has 3 aromatic carbocycles. The van der Waals surface area contributed by atoms with Crippen molar-refractivity contribution in [2.75, 3.05) is 150 Å². The molecular formula is C71H107Cl4N21O3. The molecule has 3 aliphatic heterocycles. The van der Waals surface area contributed by atoms with Crippen LogP contribution in [0.5, 0.6) is 17.2 Å². The molecule has 6 fully saturated rings. The lowest BCUT2D eigenvalue weighted by molar-refractivity contribution is 0.160. The van der Waals surface area contributed by atoms with E-state index in [0.717, 1.165) is 107 Å². The topological polar surface area (TPSA) is 244 Å². The molecule has 6 aliphatic rings. The monoisotopic (exact) mass is 1440 g/mol. The van der Waals surface area contributed by atoms with Crippen molar-refractivity contribution in [2.45, 2.75) is 178 Å². The summed E-state index contributed by atoms with van der Waals surface area (Å²) in [5.41, 5.74) is 2.35. The average Bonchev–Trinajstić information content (AvgIpc) is 1.26. The number of nitrogens with zero attached hydrogens (tertiary/aromatic N) is 14. The summed E-state index contributed by atoms with van der Waals surface area (Å²) < 4.78 is 15.7. The normalized spacial score (nSPS) is 18.2. The number of piperazine rings is 1. The van der Waals surface area contributed by atoms with Crippen LogP contribution in [-0.2, 0) is 0 Å². The zero-order valence-corrected chi connectivity index (χ0v) is 62.5. The Morgan fingerprint density at radius 1 is 0.414 bits per heavy atom. The molecule has 0 amide bonds. The smallest absolute Gasteiger partial charge is 0.233 e. The summed E-state index contributed by atoms with van der Waals surface area (Å²) in [6, 6.07) is 18.5. The van der Waals surface area contributed by atoms with E-state index in [1.807, 2.05) is 42.5 Å². The van der Waals surface area contributed by atoms with Gasteiger partial charge in [0.25, 0.3) is 0 Å². The maximum atomic E-state index is 6.32. The zero-order chi connectivity index (χ0) is 69.9. The number of hydrogen-bond acceptors (Lipinski definition) is 24. The number of rotatable bonds is 20. The van der Waals surface area contributed by atoms with Crippen LogP contribution in [0.15, 0.2) is 54.6 Å². The van der Waals surface area contributed by atoms with Crippen molar-refractivity contribution in [3.63, 3.8) is 0 Å². The van der Waals surface area contributed by atoms with Crippen LogP contribution in [0.1, 0.15) is 148 Å². The molecule has 12 rings (SSSR count). The fourth-order valence-corrected chi connectivity index (χ4v) is 14.2. The number of likely N-dealkylation sites (tertiary alicyclic amines) is 1. The van der Waals surface area contributed by atoms with E-state index in [1.165, 1.54) is 110 Å². The standard InChI is InChI=1S/C24H36ClN7O.C23H34ClN7O.C17H21Cl2N5O.C7H16N2/c1-31-14-12-19(13-15-31)32(2)24-29-22(26-17-8-6-4-5-7-9-17)28-23(30-24)27-18-10-11-21(33-3)20(25)16-18;1-31(18-11-13-25-14-12-18)23-29-21(26-16-7-5-3-4-6-8-16)28-22(30-23)27-17-9-10-20(32-2)19(24)15-17;1-25-14-9-8-12(10-13(14)18)21-17-23-15(19)22-16(24-17)20-11-6-4-2-3-5-7-11;1-3-9-6-4-8(2)5-7-9/h10-11,16-17,19H,4-9,12-15H2,1-3H3,(H2,26,27,28,29,30);9-10,15-16,18,25H,3-8,11-14H2,1-2H3,(H2,26,27,28,29,30);8-11H,2-7H2,1H3,(H2,20,21,22,23,24);3-7H2,1-2H3. The lowest BCUT2D eigenvalue weighted by Gasteiger charge is -2.35. The first kappa shape index (κ1) is 76.7. The van der Waals surface area contributed by atoms with Crippen molar-refractivity contribution < 1.29 is 14.2 Å². The molecular weight excluding hydrogens is 1340 g/mol. The number of halogens is 4. The second-order valence-electron chi connectivity index (χ2n) is 26.7. The quantitative estimate of drug-likeness (QED) is 0.0351. The summed E-state index contributed by atoms with van der Waals surface area (Å²) in [6.45, 7) is 12.7. The Morgan fingerprint density at radius 2 is 0.737 bits per heavy atom. The summed E-state index contributed by atoms with van der Waals surface area (Å²) in [7, 11) is 13.3. The Hall–Kier alpha value is -6.51. The van der Waals surface area contributed by atoms with Crippen molar-refractivity contribution in [3.8, 4) is 17.2 Å². The van der Waals surface area contributed by atoms with Gasteiger partial charge in [-0.05, 0) is 177 Å². The molecule has 3 aromatic heterocycles. The summed E-state index contributed by atoms with van der Waals surface area (Å²) in [5, 5.41) is 25.4. The molecule has 0 atom stereocenters. The summed E-state index contributed by atoms with van der Waals surface area (Å²) in [4.78, 5) is 52.9. The van der Waals surface area contributed by atoms with Crippen LogP contribution < -0.4 is 61.2 Å². The minimum atomic E-state index is 0.147. The van der Waals surface area contributed by atoms with Gasteiger partial charge in [-0.25, -0.2) is 0 Å². The first-order valence-electron chi connectivity index (χ1n) is 35.9. The van der Waals surface area contributed by atoms with Crippen LogP contribution in [0.25, 0.3) is 0 Å². The van der Waals surface area contributed by atoms with E-state index in [1.54, 1.807) is 33.5 Å². The summed E-state index contributed by atoms with van der Waals surface area (Å²) >= 11 is 24.8. The van der Waals surface area contributed by atoms with Gasteiger partial charge in [-0.15, -0.1) is 0 Å². The molecule has 24 nitrogen and oxygen atoms in total. The molecule has 7 N–H and O–H groups in total. The first-order valence-corrected chi connectivity index (χ1v) is 37.4. The number of ether oxygens (including phenoxy) is 3. The zero-order valence-electron chi connectivity index (χ0n) is 59.5. The number of aromatic nitrogens is 9. The molecule has 0 spiro atoms. The van der Waals surface area contributed by atoms with E-state index in [-0.39, 0.29) is 5.28 Å². The molecule has 542 valence electrons. The Morgan fingerprint density at radius 3 is 1.09 bits per heavy atom. The van der Waals surface area contributed by atoms with Gasteiger partial charge in [0.15, 0.2) is 0 Å². The van der Waals surface area contributed by atoms with E-state index in [2.05, 4.69) is 112 Å². The van der Waals surface area contributed by atoms with Crippen molar-refractivity contribution in [1.82, 2.24) is 64.9 Å². The third-order valence-corrected chi connectivity index (χ3v) is 20.5. The Balaban J connectivity index is 0.000000164. The van der Waals surface area contributed by atoms with E-state index in [0.29, 0.717) is 110 Å². The molecule has 3 saturated carbocycles. The Labute approximate surface area is 607 Å². The van der Waals surface area contributed by atoms with E-state index >= 15 is 0 Å². The number of piperidine rings is 2. The van der Waals surface area contributed by atoms with Gasteiger partial charge in [-0.1, -0.05) is 119 Å². The highest BCUT2D eigenvalue weighted by Gasteiger charge is 2.27. The predicted octanol–water partition coefficient (Wildman–Crippen LogP) is 14.9. The Kier molecular flexibility index (Phi) is 31.1. The molecule has 0 radical (unpaired) electrons. The highest BCUT2D eigenvalue weighted by Crippen LogP contribution is 2.34. The first-order chi connectivity index (χ1) is 48.1. The fraction of sp³-hybridized carbons (Fsp3) is 0.620. The number of benzene rings is 3. The number of hydrogen-bond donors (Lipinski definition) is 7. The van der Waals surface area contributed by atoms with E-state index in [4.69, 9.17) is 90.5 Å². The number of likely N-dealkylation sites (N-methyl/N-ethyl adjacent to an activating group) is 2. The largest absolute Gasteiger partial charge is 0.495 e. The second-order valence-corrected chi connectivity index (χ2v) is 28.3. The minimum Gasteiger partial charge on any atom is -0.495 e. The van der Waals surface area contributed by atoms with Crippen molar-refractivity contribution >= 4 is 111 Å². The molecule has 0 unspecified atom stereocenters. The molecule has 28 heteroatoms. The number of anilines is 11. The maximum absolute atomic E-state index is 6.32. The van der Waals surface area contributed by atoms with Gasteiger partial charge < -0.3 is 75.9 Å². The van der Waals surface area contributed by atoms with Gasteiger partial charge >= 0.3 is 0 Å². The van der Waals surface area contributed by atoms with Gasteiger partial charge in [0.2, 0.25) is 52.9 Å². The summed E-state index contributed by atoms with van der Waals surface area (Å²) in [5.74, 6) is 6.40. The second kappa shape index (κ2) is 40.2. The highest BCUT2D eigenvalue weighted by molar-refractivity contribution is 6.33. The van der Waals surface area contributed by atoms with Gasteiger partial charge in [0.1, 0.15) is 17.2 Å². The summed E-state index contributed by atoms with van der Waals surface area (Å²) in [6.07, 6.45) is 26.5. The molecule has 99 heavy (non-hydrogen) atoms. The molecule has 0 bridgehead atoms. The van der Waals surface area contributed by atoms with E-state index in [9.17, 15) is 0 Å². The lowest BCUT2D eigenvalue weighted by atomic mass is 10.0. The number of nitrogens with one attached hydrogen (secondary N) is 7. The number of methoxy groups -OCH3 is 3. The molecule has 6 aromatic rings. The third-order valence-electron chi connectivity index (χ3n) is 19.4. The van der Waals surface area contributed by atoms with Gasteiger partial charge in [-0.3, -0.25) is 0 Å². The predicted molar refractivity (Wildman–Crippen MR) is 407 cm³/mol. The van der Waals surface area contributed by atoms with Crippen molar-refractivity contribution in [3.05, 3.63) is 74.9 Å². The molecule has 3 saturated heterocycles. The average molecular weight is 1440 g/mol. The van der Waals surface area contributed by atoms with Crippen LogP contribution >= 0.6 is 46.4 Å². The third kappa shape index (κ3) is 24.9. The molecule has 6 heterocycles. The Bertz CT molecular complexity index is 3380. The minimum absolute atomic E-state index is 0.147. The lowest BCUT2D eigenvalue weighted by Crippen LogP contribution is -2.44.